The fourth-order valence-electron chi connectivity index (χ4n) is 2.68. The third-order valence-corrected chi connectivity index (χ3v) is 4.02. The standard InChI is InChI=1S/C19H24N6O.HI/c1-3-20-19(21-13-16(26-2)15-9-5-4-6-10-15)22-14-18-24-23-17-11-7-8-12-25(17)18;/h4-12,16H,3,13-14H2,1-2H3,(H2,20,21,22);1H. The molecule has 1 unspecified atom stereocenters. The zero-order chi connectivity index (χ0) is 18.2. The Balaban J connectivity index is 0.00000261. The summed E-state index contributed by atoms with van der Waals surface area (Å²) in [4.78, 5) is 4.62. The van der Waals surface area contributed by atoms with Gasteiger partial charge in [-0.3, -0.25) is 4.40 Å². The number of hydrogen-bond acceptors (Lipinski definition) is 4. The Labute approximate surface area is 176 Å². The predicted octanol–water partition coefficient (Wildman–Crippen LogP) is 2.79. The molecular weight excluding hydrogens is 455 g/mol. The minimum absolute atomic E-state index is 0. The molecule has 1 aromatic carbocycles. The molecule has 27 heavy (non-hydrogen) atoms. The van der Waals surface area contributed by atoms with Crippen LogP contribution in [-0.4, -0.2) is 40.8 Å². The highest BCUT2D eigenvalue weighted by atomic mass is 127. The molecule has 0 aliphatic carbocycles. The Kier molecular flexibility index (Phi) is 8.46. The van der Waals surface area contributed by atoms with Crippen LogP contribution < -0.4 is 10.6 Å². The highest BCUT2D eigenvalue weighted by Crippen LogP contribution is 2.14. The summed E-state index contributed by atoms with van der Waals surface area (Å²) in [6, 6.07) is 16.0. The molecule has 1 atom stereocenters. The van der Waals surface area contributed by atoms with Crippen molar-refractivity contribution in [3.63, 3.8) is 0 Å². The van der Waals surface area contributed by atoms with E-state index in [0.29, 0.717) is 13.1 Å². The second-order valence-corrected chi connectivity index (χ2v) is 5.76. The molecule has 2 N–H and O–H groups in total. The molecule has 0 aliphatic heterocycles. The van der Waals surface area contributed by atoms with E-state index in [1.165, 1.54) is 0 Å². The highest BCUT2D eigenvalue weighted by Gasteiger charge is 2.11. The molecular formula is C19H25IN6O. The Morgan fingerprint density at radius 3 is 2.63 bits per heavy atom. The van der Waals surface area contributed by atoms with Gasteiger partial charge in [0.05, 0.1) is 6.10 Å². The molecule has 144 valence electrons. The Morgan fingerprint density at radius 1 is 1.11 bits per heavy atom. The van der Waals surface area contributed by atoms with Crippen LogP contribution in [0.25, 0.3) is 5.65 Å². The number of nitrogens with one attached hydrogen (secondary N) is 2. The Bertz CT molecular complexity index is 852. The maximum atomic E-state index is 5.60. The van der Waals surface area contributed by atoms with E-state index >= 15 is 0 Å². The predicted molar refractivity (Wildman–Crippen MR) is 117 cm³/mol. The number of fused-ring (bicyclic) bond motifs is 1. The van der Waals surface area contributed by atoms with Crippen molar-refractivity contribution < 1.29 is 4.74 Å². The van der Waals surface area contributed by atoms with Crippen molar-refractivity contribution in [3.05, 3.63) is 66.1 Å². The van der Waals surface area contributed by atoms with Gasteiger partial charge in [-0.05, 0) is 24.6 Å². The molecule has 3 aromatic rings. The van der Waals surface area contributed by atoms with Gasteiger partial charge in [0.25, 0.3) is 0 Å². The van der Waals surface area contributed by atoms with Crippen LogP contribution in [0.15, 0.2) is 59.7 Å². The van der Waals surface area contributed by atoms with Crippen LogP contribution in [0, 0.1) is 0 Å². The second kappa shape index (κ2) is 10.8. The summed E-state index contributed by atoms with van der Waals surface area (Å²) < 4.78 is 7.54. The number of ether oxygens (including phenoxy) is 1. The first-order valence-electron chi connectivity index (χ1n) is 8.70. The molecule has 2 heterocycles. The molecule has 2 aromatic heterocycles. The number of nitrogens with zero attached hydrogens (tertiary/aromatic N) is 4. The topological polar surface area (TPSA) is 75.8 Å². The number of aliphatic imine (C=N–C) groups is 1. The molecule has 3 rings (SSSR count). The number of pyridine rings is 1. The number of methoxy groups -OCH3 is 1. The molecule has 0 saturated heterocycles. The van der Waals surface area contributed by atoms with Gasteiger partial charge in [0, 0.05) is 26.4 Å². The SMILES string of the molecule is CCNC(=NCc1nnc2ccccn12)NCC(OC)c1ccccc1.I. The van der Waals surface area contributed by atoms with E-state index in [4.69, 9.17) is 4.74 Å². The fourth-order valence-corrected chi connectivity index (χ4v) is 2.68. The van der Waals surface area contributed by atoms with Crippen molar-refractivity contribution in [1.82, 2.24) is 25.2 Å². The van der Waals surface area contributed by atoms with Gasteiger partial charge >= 0.3 is 0 Å². The maximum absolute atomic E-state index is 5.60. The van der Waals surface area contributed by atoms with Crippen LogP contribution in [0.2, 0.25) is 0 Å². The maximum Gasteiger partial charge on any atom is 0.191 e. The molecule has 0 bridgehead atoms. The first kappa shape index (κ1) is 21.1. The van der Waals surface area contributed by atoms with E-state index in [-0.39, 0.29) is 30.1 Å². The lowest BCUT2D eigenvalue weighted by molar-refractivity contribution is 0.106. The molecule has 8 heteroatoms. The van der Waals surface area contributed by atoms with Crippen LogP contribution in [0.4, 0.5) is 0 Å². The Hall–Kier alpha value is -2.20. The number of rotatable bonds is 7. The summed E-state index contributed by atoms with van der Waals surface area (Å²) in [5.74, 6) is 1.52. The highest BCUT2D eigenvalue weighted by molar-refractivity contribution is 14.0. The molecule has 0 amide bonds. The van der Waals surface area contributed by atoms with Crippen LogP contribution in [0.3, 0.4) is 0 Å². The van der Waals surface area contributed by atoms with Crippen LogP contribution >= 0.6 is 24.0 Å². The van der Waals surface area contributed by atoms with Crippen molar-refractivity contribution in [2.45, 2.75) is 19.6 Å². The van der Waals surface area contributed by atoms with E-state index in [0.717, 1.165) is 29.5 Å². The first-order chi connectivity index (χ1) is 12.8. The van der Waals surface area contributed by atoms with Crippen LogP contribution in [0.1, 0.15) is 24.4 Å². The summed E-state index contributed by atoms with van der Waals surface area (Å²) in [5, 5.41) is 15.0. The smallest absolute Gasteiger partial charge is 0.191 e. The summed E-state index contributed by atoms with van der Waals surface area (Å²) in [5.41, 5.74) is 1.95. The van der Waals surface area contributed by atoms with Gasteiger partial charge in [-0.15, -0.1) is 34.2 Å². The van der Waals surface area contributed by atoms with Crippen molar-refractivity contribution in [2.75, 3.05) is 20.2 Å². The zero-order valence-electron chi connectivity index (χ0n) is 15.5. The first-order valence-corrected chi connectivity index (χ1v) is 8.70. The molecule has 0 saturated carbocycles. The summed E-state index contributed by atoms with van der Waals surface area (Å²) >= 11 is 0. The molecule has 0 spiro atoms. The van der Waals surface area contributed by atoms with Gasteiger partial charge in [-0.1, -0.05) is 36.4 Å². The molecule has 0 aliphatic rings. The minimum Gasteiger partial charge on any atom is -0.375 e. The fraction of sp³-hybridized carbons (Fsp3) is 0.316. The summed E-state index contributed by atoms with van der Waals surface area (Å²) in [7, 11) is 1.71. The van der Waals surface area contributed by atoms with Gasteiger partial charge in [0.15, 0.2) is 17.4 Å². The monoisotopic (exact) mass is 480 g/mol. The van der Waals surface area contributed by atoms with Gasteiger partial charge in [-0.2, -0.15) is 0 Å². The quantitative estimate of drug-likeness (QED) is 0.309. The van der Waals surface area contributed by atoms with Gasteiger partial charge in [-0.25, -0.2) is 4.99 Å². The van der Waals surface area contributed by atoms with E-state index < -0.39 is 0 Å². The number of halogens is 1. The molecule has 7 nitrogen and oxygen atoms in total. The number of hydrogen-bond donors (Lipinski definition) is 2. The van der Waals surface area contributed by atoms with Crippen LogP contribution in [-0.2, 0) is 11.3 Å². The lowest BCUT2D eigenvalue weighted by Crippen LogP contribution is -2.39. The van der Waals surface area contributed by atoms with Crippen molar-refractivity contribution in [1.29, 1.82) is 0 Å². The van der Waals surface area contributed by atoms with Crippen molar-refractivity contribution >= 4 is 35.6 Å². The Morgan fingerprint density at radius 2 is 1.89 bits per heavy atom. The second-order valence-electron chi connectivity index (χ2n) is 5.76. The summed E-state index contributed by atoms with van der Waals surface area (Å²) in [6.45, 7) is 3.86. The van der Waals surface area contributed by atoms with Gasteiger partial charge in [0.2, 0.25) is 0 Å². The van der Waals surface area contributed by atoms with Crippen LogP contribution in [0.5, 0.6) is 0 Å². The van der Waals surface area contributed by atoms with E-state index in [1.807, 2.05) is 53.9 Å². The third-order valence-electron chi connectivity index (χ3n) is 4.02. The summed E-state index contributed by atoms with van der Waals surface area (Å²) in [6.07, 6.45) is 1.89. The number of benzene rings is 1. The molecule has 0 radical (unpaired) electrons. The number of aromatic nitrogens is 3. The number of guanidine groups is 1. The average Bonchev–Trinajstić information content (AvgIpc) is 3.10. The van der Waals surface area contributed by atoms with Gasteiger partial charge in [0.1, 0.15) is 6.54 Å². The normalized spacial score (nSPS) is 12.4. The van der Waals surface area contributed by atoms with Crippen molar-refractivity contribution in [3.8, 4) is 0 Å². The van der Waals surface area contributed by atoms with Crippen molar-refractivity contribution in [2.24, 2.45) is 4.99 Å². The van der Waals surface area contributed by atoms with E-state index in [9.17, 15) is 0 Å². The average molecular weight is 480 g/mol. The zero-order valence-corrected chi connectivity index (χ0v) is 17.8. The van der Waals surface area contributed by atoms with E-state index in [1.54, 1.807) is 7.11 Å². The largest absolute Gasteiger partial charge is 0.375 e. The van der Waals surface area contributed by atoms with Gasteiger partial charge < -0.3 is 15.4 Å². The van der Waals surface area contributed by atoms with E-state index in [2.05, 4.69) is 38.0 Å². The minimum atomic E-state index is -0.0472. The lowest BCUT2D eigenvalue weighted by atomic mass is 10.1. The molecule has 0 fully saturated rings. The third kappa shape index (κ3) is 5.64. The lowest BCUT2D eigenvalue weighted by Gasteiger charge is -2.18.